The molecule has 1 saturated heterocycles. The first-order chi connectivity index (χ1) is 6.06. The van der Waals surface area contributed by atoms with Crippen molar-refractivity contribution in [1.29, 1.82) is 0 Å². The average Bonchev–Trinajstić information content (AvgIpc) is 2.34. The smallest absolute Gasteiger partial charge is 0.278 e. The van der Waals surface area contributed by atoms with Gasteiger partial charge in [0.1, 0.15) is 5.60 Å². The maximum atomic E-state index is 13.4. The van der Waals surface area contributed by atoms with E-state index < -0.39 is 17.6 Å². The van der Waals surface area contributed by atoms with Gasteiger partial charge in [0.15, 0.2) is 0 Å². The first-order valence-electron chi connectivity index (χ1n) is 4.76. The molecule has 2 aliphatic rings. The first kappa shape index (κ1) is 9.34. The molecule has 1 spiro atoms. The third-order valence-corrected chi connectivity index (χ3v) is 3.22. The van der Waals surface area contributed by atoms with Gasteiger partial charge in [-0.15, -0.1) is 0 Å². The highest BCUT2D eigenvalue weighted by molar-refractivity contribution is 5.01. The molecule has 2 fully saturated rings. The van der Waals surface area contributed by atoms with E-state index in [1.165, 1.54) is 0 Å². The minimum absolute atomic E-state index is 0.156. The Morgan fingerprint density at radius 1 is 1.15 bits per heavy atom. The molecule has 2 rings (SSSR count). The van der Waals surface area contributed by atoms with Gasteiger partial charge in [0.05, 0.1) is 12.7 Å². The second kappa shape index (κ2) is 2.89. The zero-order valence-electron chi connectivity index (χ0n) is 7.43. The van der Waals surface area contributed by atoms with Gasteiger partial charge in [-0.05, 0) is 25.7 Å². The molecule has 1 saturated carbocycles. The largest absolute Gasteiger partial charge is 0.393 e. The van der Waals surface area contributed by atoms with Crippen LogP contribution in [0, 0.1) is 0 Å². The van der Waals surface area contributed by atoms with E-state index in [9.17, 15) is 13.9 Å². The lowest BCUT2D eigenvalue weighted by Gasteiger charge is -2.38. The number of aliphatic hydroxyl groups is 1. The van der Waals surface area contributed by atoms with Gasteiger partial charge in [0.2, 0.25) is 0 Å². The Hall–Kier alpha value is -0.220. The molecule has 0 unspecified atom stereocenters. The van der Waals surface area contributed by atoms with Crippen molar-refractivity contribution >= 4 is 0 Å². The van der Waals surface area contributed by atoms with Crippen LogP contribution in [0.4, 0.5) is 8.78 Å². The standard InChI is InChI=1S/C9H14F2O2/c10-9(11)5-6-13-8(9)3-1-7(12)2-4-8/h7,12H,1-6H2. The molecule has 2 nitrogen and oxygen atoms in total. The van der Waals surface area contributed by atoms with Crippen molar-refractivity contribution in [3.8, 4) is 0 Å². The van der Waals surface area contributed by atoms with Gasteiger partial charge < -0.3 is 9.84 Å². The van der Waals surface area contributed by atoms with E-state index in [2.05, 4.69) is 0 Å². The van der Waals surface area contributed by atoms with E-state index in [-0.39, 0.29) is 13.0 Å². The molecular weight excluding hydrogens is 178 g/mol. The fraction of sp³-hybridized carbons (Fsp3) is 1.00. The Labute approximate surface area is 75.9 Å². The summed E-state index contributed by atoms with van der Waals surface area (Å²) in [7, 11) is 0. The fourth-order valence-corrected chi connectivity index (χ4v) is 2.29. The van der Waals surface area contributed by atoms with E-state index in [1.54, 1.807) is 0 Å². The minimum atomic E-state index is -2.69. The van der Waals surface area contributed by atoms with Crippen molar-refractivity contribution in [2.24, 2.45) is 0 Å². The number of aliphatic hydroxyl groups excluding tert-OH is 1. The summed E-state index contributed by atoms with van der Waals surface area (Å²) in [6, 6.07) is 0. The van der Waals surface area contributed by atoms with Crippen LogP contribution in [0.3, 0.4) is 0 Å². The van der Waals surface area contributed by atoms with Crippen LogP contribution in [0.15, 0.2) is 0 Å². The van der Waals surface area contributed by atoms with Crippen molar-refractivity contribution in [2.45, 2.75) is 49.7 Å². The summed E-state index contributed by atoms with van der Waals surface area (Å²) < 4.78 is 32.0. The molecule has 1 aliphatic carbocycles. The summed E-state index contributed by atoms with van der Waals surface area (Å²) >= 11 is 0. The number of halogens is 2. The van der Waals surface area contributed by atoms with Crippen LogP contribution in [0.2, 0.25) is 0 Å². The van der Waals surface area contributed by atoms with E-state index in [4.69, 9.17) is 4.74 Å². The van der Waals surface area contributed by atoms with Gasteiger partial charge >= 0.3 is 0 Å². The van der Waals surface area contributed by atoms with Crippen LogP contribution < -0.4 is 0 Å². The van der Waals surface area contributed by atoms with Gasteiger partial charge in [-0.3, -0.25) is 0 Å². The third-order valence-electron chi connectivity index (χ3n) is 3.22. The van der Waals surface area contributed by atoms with Crippen LogP contribution >= 0.6 is 0 Å². The molecule has 0 bridgehead atoms. The molecule has 0 amide bonds. The molecule has 0 radical (unpaired) electrons. The zero-order chi connectivity index (χ0) is 9.53. The lowest BCUT2D eigenvalue weighted by atomic mass is 9.79. The summed E-state index contributed by atoms with van der Waals surface area (Å²) in [5, 5.41) is 9.22. The first-order valence-corrected chi connectivity index (χ1v) is 4.76. The van der Waals surface area contributed by atoms with Crippen molar-refractivity contribution < 1.29 is 18.6 Å². The van der Waals surface area contributed by atoms with Crippen LogP contribution in [0.5, 0.6) is 0 Å². The van der Waals surface area contributed by atoms with Gasteiger partial charge in [-0.1, -0.05) is 0 Å². The topological polar surface area (TPSA) is 29.5 Å². The molecule has 0 aromatic rings. The summed E-state index contributed by atoms with van der Waals surface area (Å²) in [4.78, 5) is 0. The number of alkyl halides is 2. The SMILES string of the molecule is OC1CCC2(CC1)OCCC2(F)F. The van der Waals surface area contributed by atoms with Crippen molar-refractivity contribution in [3.05, 3.63) is 0 Å². The van der Waals surface area contributed by atoms with Crippen LogP contribution in [0.1, 0.15) is 32.1 Å². The number of hydrogen-bond donors (Lipinski definition) is 1. The highest BCUT2D eigenvalue weighted by Gasteiger charge is 2.59. The predicted molar refractivity (Wildman–Crippen MR) is 42.7 cm³/mol. The Morgan fingerprint density at radius 2 is 1.77 bits per heavy atom. The van der Waals surface area contributed by atoms with Crippen molar-refractivity contribution in [2.75, 3.05) is 6.61 Å². The quantitative estimate of drug-likeness (QED) is 0.633. The maximum Gasteiger partial charge on any atom is 0.278 e. The number of rotatable bonds is 0. The van der Waals surface area contributed by atoms with Gasteiger partial charge in [0.25, 0.3) is 5.92 Å². The summed E-state index contributed by atoms with van der Waals surface area (Å²) in [6.07, 6.45) is 0.891. The summed E-state index contributed by atoms with van der Waals surface area (Å²) in [5.41, 5.74) is -1.24. The third kappa shape index (κ3) is 1.36. The second-order valence-electron chi connectivity index (χ2n) is 4.03. The van der Waals surface area contributed by atoms with E-state index >= 15 is 0 Å². The van der Waals surface area contributed by atoms with Crippen molar-refractivity contribution in [3.63, 3.8) is 0 Å². The predicted octanol–water partition coefficient (Wildman–Crippen LogP) is 1.72. The Morgan fingerprint density at radius 3 is 2.23 bits per heavy atom. The van der Waals surface area contributed by atoms with Crippen molar-refractivity contribution in [1.82, 2.24) is 0 Å². The van der Waals surface area contributed by atoms with Crippen LogP contribution in [0.25, 0.3) is 0 Å². The van der Waals surface area contributed by atoms with Crippen LogP contribution in [-0.4, -0.2) is 29.3 Å². The van der Waals surface area contributed by atoms with E-state index in [0.29, 0.717) is 25.7 Å². The van der Waals surface area contributed by atoms with Crippen LogP contribution in [-0.2, 0) is 4.74 Å². The molecule has 13 heavy (non-hydrogen) atoms. The summed E-state index contributed by atoms with van der Waals surface area (Å²) in [6.45, 7) is 0.156. The Bertz CT molecular complexity index is 198. The van der Waals surface area contributed by atoms with E-state index in [0.717, 1.165) is 0 Å². The Kier molecular flexibility index (Phi) is 2.07. The normalized spacial score (nSPS) is 44.1. The summed E-state index contributed by atoms with van der Waals surface area (Å²) in [5.74, 6) is -2.69. The molecule has 0 atom stereocenters. The minimum Gasteiger partial charge on any atom is -0.393 e. The molecule has 0 aromatic carbocycles. The lowest BCUT2D eigenvalue weighted by molar-refractivity contribution is -0.171. The van der Waals surface area contributed by atoms with Gasteiger partial charge in [0, 0.05) is 6.42 Å². The zero-order valence-corrected chi connectivity index (χ0v) is 7.43. The molecule has 4 heteroatoms. The molecule has 0 aromatic heterocycles. The Balaban J connectivity index is 2.12. The van der Waals surface area contributed by atoms with E-state index in [1.807, 2.05) is 0 Å². The van der Waals surface area contributed by atoms with Gasteiger partial charge in [-0.25, -0.2) is 8.78 Å². The molecule has 1 aliphatic heterocycles. The highest BCUT2D eigenvalue weighted by Crippen LogP contribution is 2.49. The molecule has 1 heterocycles. The maximum absolute atomic E-state index is 13.4. The lowest BCUT2D eigenvalue weighted by Crippen LogP contribution is -2.48. The van der Waals surface area contributed by atoms with Gasteiger partial charge in [-0.2, -0.15) is 0 Å². The second-order valence-corrected chi connectivity index (χ2v) is 4.03. The molecule has 1 N–H and O–H groups in total. The number of ether oxygens (including phenoxy) is 1. The fourth-order valence-electron chi connectivity index (χ4n) is 2.29. The average molecular weight is 192 g/mol. The molecular formula is C9H14F2O2. The molecule has 76 valence electrons. The highest BCUT2D eigenvalue weighted by atomic mass is 19.3. The number of hydrogen-bond acceptors (Lipinski definition) is 2. The monoisotopic (exact) mass is 192 g/mol.